The molecular formula is C23H31N3O3S. The van der Waals surface area contributed by atoms with Gasteiger partial charge in [-0.3, -0.25) is 14.0 Å². The first-order chi connectivity index (χ1) is 14.4. The summed E-state index contributed by atoms with van der Waals surface area (Å²) in [6.45, 7) is 5.29. The molecule has 0 atom stereocenters. The molecule has 1 amide bonds. The van der Waals surface area contributed by atoms with Gasteiger partial charge in [-0.1, -0.05) is 43.3 Å². The van der Waals surface area contributed by atoms with E-state index in [2.05, 4.69) is 16.3 Å². The summed E-state index contributed by atoms with van der Waals surface area (Å²) in [5.41, 5.74) is 3.89. The summed E-state index contributed by atoms with van der Waals surface area (Å²) >= 11 is 0. The van der Waals surface area contributed by atoms with Crippen LogP contribution in [0.5, 0.6) is 0 Å². The maximum absolute atomic E-state index is 12.6. The quantitative estimate of drug-likeness (QED) is 0.665. The molecule has 1 saturated heterocycles. The molecular weight excluding hydrogens is 398 g/mol. The first-order valence-electron chi connectivity index (χ1n) is 10.5. The summed E-state index contributed by atoms with van der Waals surface area (Å²) < 4.78 is 25.7. The summed E-state index contributed by atoms with van der Waals surface area (Å²) in [5, 5.41) is 2.90. The molecule has 3 rings (SSSR count). The molecule has 1 aliphatic heterocycles. The van der Waals surface area contributed by atoms with E-state index < -0.39 is 10.0 Å². The van der Waals surface area contributed by atoms with Gasteiger partial charge < -0.3 is 5.32 Å². The lowest BCUT2D eigenvalue weighted by atomic mass is 10.1. The highest BCUT2D eigenvalue weighted by atomic mass is 32.2. The van der Waals surface area contributed by atoms with E-state index in [1.54, 1.807) is 12.1 Å². The predicted molar refractivity (Wildman–Crippen MR) is 121 cm³/mol. The van der Waals surface area contributed by atoms with E-state index in [1.807, 2.05) is 37.3 Å². The second kappa shape index (κ2) is 10.1. The Morgan fingerprint density at radius 2 is 1.67 bits per heavy atom. The number of anilines is 1. The van der Waals surface area contributed by atoms with Crippen molar-refractivity contribution in [3.8, 4) is 0 Å². The maximum Gasteiger partial charge on any atom is 0.241 e. The predicted octanol–water partition coefficient (Wildman–Crippen LogP) is 2.93. The Hall–Kier alpha value is -2.38. The minimum Gasteiger partial charge on any atom is -0.350 e. The fraction of sp³-hybridized carbons (Fsp3) is 0.435. The number of hydrogen-bond donors (Lipinski definition) is 1. The van der Waals surface area contributed by atoms with Crippen molar-refractivity contribution in [3.63, 3.8) is 0 Å². The molecule has 0 bridgehead atoms. The van der Waals surface area contributed by atoms with Gasteiger partial charge in [0, 0.05) is 13.1 Å². The van der Waals surface area contributed by atoms with E-state index >= 15 is 0 Å². The Bertz CT molecular complexity index is 952. The van der Waals surface area contributed by atoms with Gasteiger partial charge >= 0.3 is 0 Å². The van der Waals surface area contributed by atoms with Crippen molar-refractivity contribution in [3.05, 3.63) is 65.2 Å². The monoisotopic (exact) mass is 429 g/mol. The number of rotatable bonds is 9. The zero-order chi connectivity index (χ0) is 21.6. The number of benzene rings is 2. The van der Waals surface area contributed by atoms with Crippen molar-refractivity contribution >= 4 is 21.6 Å². The molecule has 1 aliphatic rings. The SMILES string of the molecule is CCc1ccc(N(CC(=O)NCc2ccccc2CN2CCCC2)S(C)(=O)=O)cc1. The van der Waals surface area contributed by atoms with E-state index in [0.29, 0.717) is 12.2 Å². The fourth-order valence-corrected chi connectivity index (χ4v) is 4.60. The second-order valence-corrected chi connectivity index (χ2v) is 9.73. The van der Waals surface area contributed by atoms with E-state index in [-0.39, 0.29) is 12.5 Å². The van der Waals surface area contributed by atoms with Crippen LogP contribution < -0.4 is 9.62 Å². The molecule has 7 heteroatoms. The lowest BCUT2D eigenvalue weighted by Crippen LogP contribution is -2.40. The number of carbonyl (C=O) groups excluding carboxylic acids is 1. The van der Waals surface area contributed by atoms with Crippen LogP contribution in [0.2, 0.25) is 0 Å². The number of amides is 1. The van der Waals surface area contributed by atoms with Gasteiger partial charge in [-0.25, -0.2) is 8.42 Å². The molecule has 0 aromatic heterocycles. The Morgan fingerprint density at radius 3 is 2.27 bits per heavy atom. The Labute approximate surface area is 179 Å². The fourth-order valence-electron chi connectivity index (χ4n) is 3.74. The summed E-state index contributed by atoms with van der Waals surface area (Å²) in [5.74, 6) is -0.323. The minimum absolute atomic E-state index is 0.238. The first kappa shape index (κ1) is 22.3. The molecule has 1 heterocycles. The third kappa shape index (κ3) is 6.06. The lowest BCUT2D eigenvalue weighted by Gasteiger charge is -2.22. The number of carbonyl (C=O) groups is 1. The highest BCUT2D eigenvalue weighted by molar-refractivity contribution is 7.92. The zero-order valence-corrected chi connectivity index (χ0v) is 18.6. The summed E-state index contributed by atoms with van der Waals surface area (Å²) in [4.78, 5) is 15.0. The normalized spacial score (nSPS) is 14.6. The van der Waals surface area contributed by atoms with Crippen LogP contribution in [0.15, 0.2) is 48.5 Å². The van der Waals surface area contributed by atoms with Crippen molar-refractivity contribution < 1.29 is 13.2 Å². The van der Waals surface area contributed by atoms with Gasteiger partial charge in [0.1, 0.15) is 6.54 Å². The van der Waals surface area contributed by atoms with Gasteiger partial charge in [0.2, 0.25) is 15.9 Å². The van der Waals surface area contributed by atoms with Crippen LogP contribution in [-0.4, -0.2) is 45.1 Å². The number of nitrogens with zero attached hydrogens (tertiary/aromatic N) is 2. The Morgan fingerprint density at radius 1 is 1.03 bits per heavy atom. The third-order valence-electron chi connectivity index (χ3n) is 5.51. The smallest absolute Gasteiger partial charge is 0.241 e. The molecule has 0 spiro atoms. The average molecular weight is 430 g/mol. The van der Waals surface area contributed by atoms with E-state index in [4.69, 9.17) is 0 Å². The van der Waals surface area contributed by atoms with E-state index in [1.165, 1.54) is 18.4 Å². The van der Waals surface area contributed by atoms with Gasteiger partial charge in [-0.15, -0.1) is 0 Å². The molecule has 162 valence electrons. The third-order valence-corrected chi connectivity index (χ3v) is 6.65. The molecule has 0 unspecified atom stereocenters. The van der Waals surface area contributed by atoms with Crippen LogP contribution in [0.1, 0.15) is 36.5 Å². The van der Waals surface area contributed by atoms with E-state index in [0.717, 1.165) is 47.7 Å². The van der Waals surface area contributed by atoms with Gasteiger partial charge in [0.25, 0.3) is 0 Å². The minimum atomic E-state index is -3.57. The number of nitrogens with one attached hydrogen (secondary N) is 1. The molecule has 1 N–H and O–H groups in total. The molecule has 0 aliphatic carbocycles. The van der Waals surface area contributed by atoms with Crippen LogP contribution in [0.25, 0.3) is 0 Å². The summed E-state index contributed by atoms with van der Waals surface area (Å²) in [6.07, 6.45) is 4.47. The highest BCUT2D eigenvalue weighted by Crippen LogP contribution is 2.19. The van der Waals surface area contributed by atoms with Crippen LogP contribution in [-0.2, 0) is 34.3 Å². The summed E-state index contributed by atoms with van der Waals surface area (Å²) in [6, 6.07) is 15.4. The highest BCUT2D eigenvalue weighted by Gasteiger charge is 2.21. The van der Waals surface area contributed by atoms with Gasteiger partial charge in [0.05, 0.1) is 11.9 Å². The van der Waals surface area contributed by atoms with Gasteiger partial charge in [-0.05, 0) is 61.2 Å². The molecule has 2 aromatic rings. The number of sulfonamides is 1. The zero-order valence-electron chi connectivity index (χ0n) is 17.8. The molecule has 6 nitrogen and oxygen atoms in total. The van der Waals surface area contributed by atoms with E-state index in [9.17, 15) is 13.2 Å². The molecule has 0 radical (unpaired) electrons. The van der Waals surface area contributed by atoms with Crippen LogP contribution in [0, 0.1) is 0 Å². The Balaban J connectivity index is 1.65. The number of likely N-dealkylation sites (tertiary alicyclic amines) is 1. The maximum atomic E-state index is 12.6. The van der Waals surface area contributed by atoms with Gasteiger partial charge in [0.15, 0.2) is 0 Å². The summed E-state index contributed by atoms with van der Waals surface area (Å²) in [7, 11) is -3.57. The largest absolute Gasteiger partial charge is 0.350 e. The van der Waals surface area contributed by atoms with Crippen LogP contribution >= 0.6 is 0 Å². The topological polar surface area (TPSA) is 69.7 Å². The lowest BCUT2D eigenvalue weighted by molar-refractivity contribution is -0.119. The number of hydrogen-bond acceptors (Lipinski definition) is 4. The van der Waals surface area contributed by atoms with Crippen LogP contribution in [0.4, 0.5) is 5.69 Å². The van der Waals surface area contributed by atoms with Crippen molar-refractivity contribution in [1.82, 2.24) is 10.2 Å². The van der Waals surface area contributed by atoms with Crippen LogP contribution in [0.3, 0.4) is 0 Å². The second-order valence-electron chi connectivity index (χ2n) is 7.82. The molecule has 30 heavy (non-hydrogen) atoms. The van der Waals surface area contributed by atoms with Crippen molar-refractivity contribution in [2.45, 2.75) is 39.3 Å². The Kier molecular flexibility index (Phi) is 7.50. The molecule has 1 fully saturated rings. The van der Waals surface area contributed by atoms with Crippen molar-refractivity contribution in [2.75, 3.05) is 30.2 Å². The standard InChI is InChI=1S/C23H31N3O3S/c1-3-19-10-12-22(13-11-19)26(30(2,28)29)18-23(27)24-16-20-8-4-5-9-21(20)17-25-14-6-7-15-25/h4-5,8-13H,3,6-7,14-18H2,1-2H3,(H,24,27). The van der Waals surface area contributed by atoms with Crippen molar-refractivity contribution in [2.24, 2.45) is 0 Å². The average Bonchev–Trinajstić information content (AvgIpc) is 3.24. The van der Waals surface area contributed by atoms with Gasteiger partial charge in [-0.2, -0.15) is 0 Å². The number of aryl methyl sites for hydroxylation is 1. The molecule has 2 aromatic carbocycles. The first-order valence-corrected chi connectivity index (χ1v) is 12.3. The molecule has 0 saturated carbocycles. The van der Waals surface area contributed by atoms with Crippen molar-refractivity contribution in [1.29, 1.82) is 0 Å².